The maximum Gasteiger partial charge on any atom is 0.250 e. The van der Waals surface area contributed by atoms with Gasteiger partial charge in [0.1, 0.15) is 18.1 Å². The molecule has 0 saturated carbocycles. The molecule has 9 nitrogen and oxygen atoms in total. The molecule has 3 N–H and O–H groups in total. The number of nitrogens with one attached hydrogen (secondary N) is 2. The minimum absolute atomic E-state index is 0.0935. The van der Waals surface area contributed by atoms with E-state index in [-0.39, 0.29) is 30.3 Å². The van der Waals surface area contributed by atoms with E-state index in [2.05, 4.69) is 21.7 Å². The van der Waals surface area contributed by atoms with Gasteiger partial charge in [-0.1, -0.05) is 17.7 Å². The maximum atomic E-state index is 12.4. The molecule has 212 valence electrons. The molecule has 0 unspecified atom stereocenters. The molecule has 11 heteroatoms. The number of pyridine rings is 1. The van der Waals surface area contributed by atoms with E-state index >= 15 is 0 Å². The number of carbonyl (C=O) groups is 1. The number of hydrogen-bond donors (Lipinski definition) is 3. The Labute approximate surface area is 248 Å². The highest BCUT2D eigenvalue weighted by Gasteiger charge is 2.42. The summed E-state index contributed by atoms with van der Waals surface area (Å²) in [6.07, 6.45) is 1.75. The lowest BCUT2D eigenvalue weighted by Crippen LogP contribution is -2.29. The number of rotatable bonds is 8. The highest BCUT2D eigenvalue weighted by molar-refractivity contribution is 7.80. The van der Waals surface area contributed by atoms with Gasteiger partial charge in [0.25, 0.3) is 0 Å². The molecule has 5 rings (SSSR count). The van der Waals surface area contributed by atoms with Crippen LogP contribution in [0.25, 0.3) is 5.69 Å². The van der Waals surface area contributed by atoms with Crippen LogP contribution in [0.5, 0.6) is 11.5 Å². The van der Waals surface area contributed by atoms with Crippen molar-refractivity contribution in [3.63, 3.8) is 0 Å². The fraction of sp³-hybridized carbons (Fsp3) is 0.233. The van der Waals surface area contributed by atoms with Crippen LogP contribution in [0.1, 0.15) is 34.7 Å². The highest BCUT2D eigenvalue weighted by Crippen LogP contribution is 2.45. The lowest BCUT2D eigenvalue weighted by atomic mass is 9.96. The Morgan fingerprint density at radius 1 is 1.15 bits per heavy atom. The summed E-state index contributed by atoms with van der Waals surface area (Å²) in [6, 6.07) is 17.7. The molecule has 41 heavy (non-hydrogen) atoms. The number of aromatic nitrogens is 2. The first-order valence-electron chi connectivity index (χ1n) is 12.9. The molecule has 3 heterocycles. The zero-order valence-corrected chi connectivity index (χ0v) is 24.6. The highest BCUT2D eigenvalue weighted by atomic mass is 35.5. The molecular formula is C30H30ClN5O4S. The Balaban J connectivity index is 1.66. The van der Waals surface area contributed by atoms with Gasteiger partial charge in [0.05, 0.1) is 36.3 Å². The SMILES string of the molecule is COCC(=O)Nc1cc(N2C(=S)N[C@H](c3ccccn3)[C@@H]2c2cc(C)n(-c3cc(Cl)ccc3O)c2C)ccc1OC. The molecule has 0 aliphatic carbocycles. The van der Waals surface area contributed by atoms with Crippen LogP contribution in [-0.4, -0.2) is 46.5 Å². The van der Waals surface area contributed by atoms with E-state index < -0.39 is 0 Å². The minimum atomic E-state index is -0.324. The van der Waals surface area contributed by atoms with Crippen LogP contribution in [-0.2, 0) is 9.53 Å². The number of carbonyl (C=O) groups excluding carboxylic acids is 1. The average Bonchev–Trinajstić information content (AvgIpc) is 3.45. The number of phenolic OH excluding ortho intramolecular Hbond substituents is 1. The Bertz CT molecular complexity index is 1610. The lowest BCUT2D eigenvalue weighted by molar-refractivity contribution is -0.119. The fourth-order valence-electron chi connectivity index (χ4n) is 5.34. The fourth-order valence-corrected chi connectivity index (χ4v) is 5.86. The number of methoxy groups -OCH3 is 2. The molecule has 1 aliphatic heterocycles. The van der Waals surface area contributed by atoms with E-state index in [0.717, 1.165) is 28.3 Å². The predicted octanol–water partition coefficient (Wildman–Crippen LogP) is 5.62. The van der Waals surface area contributed by atoms with E-state index in [1.54, 1.807) is 37.6 Å². The smallest absolute Gasteiger partial charge is 0.250 e. The van der Waals surface area contributed by atoms with Gasteiger partial charge in [-0.05, 0) is 86.2 Å². The molecule has 1 fully saturated rings. The number of thiocarbonyl (C=S) groups is 1. The second kappa shape index (κ2) is 11.8. The number of ether oxygens (including phenoxy) is 2. The molecule has 1 saturated heterocycles. The van der Waals surface area contributed by atoms with Crippen LogP contribution >= 0.6 is 23.8 Å². The maximum absolute atomic E-state index is 12.4. The number of aryl methyl sites for hydroxylation is 1. The van der Waals surface area contributed by atoms with E-state index in [0.29, 0.717) is 27.3 Å². The Morgan fingerprint density at radius 2 is 1.95 bits per heavy atom. The van der Waals surface area contributed by atoms with E-state index in [1.165, 1.54) is 7.11 Å². The number of amides is 1. The van der Waals surface area contributed by atoms with Gasteiger partial charge in [-0.25, -0.2) is 0 Å². The third kappa shape index (κ3) is 5.46. The zero-order valence-electron chi connectivity index (χ0n) is 23.0. The van der Waals surface area contributed by atoms with Crippen molar-refractivity contribution in [3.8, 4) is 17.2 Å². The summed E-state index contributed by atoms with van der Waals surface area (Å²) in [5.41, 5.74) is 5.44. The molecule has 0 spiro atoms. The normalized spacial score (nSPS) is 16.5. The lowest BCUT2D eigenvalue weighted by Gasteiger charge is -2.29. The van der Waals surface area contributed by atoms with Crippen LogP contribution in [0, 0.1) is 13.8 Å². The first-order chi connectivity index (χ1) is 19.7. The summed E-state index contributed by atoms with van der Waals surface area (Å²) < 4.78 is 12.5. The van der Waals surface area contributed by atoms with Crippen molar-refractivity contribution in [3.05, 3.63) is 94.5 Å². The molecule has 2 aromatic heterocycles. The number of halogens is 1. The van der Waals surface area contributed by atoms with Gasteiger partial charge in [-0.3, -0.25) is 9.78 Å². The zero-order chi connectivity index (χ0) is 29.3. The number of benzene rings is 2. The van der Waals surface area contributed by atoms with E-state index in [9.17, 15) is 9.90 Å². The summed E-state index contributed by atoms with van der Waals surface area (Å²) in [6.45, 7) is 3.89. The van der Waals surface area contributed by atoms with Crippen molar-refractivity contribution < 1.29 is 19.4 Å². The first kappa shape index (κ1) is 28.4. The third-order valence-corrected chi connectivity index (χ3v) is 7.63. The van der Waals surface area contributed by atoms with Crippen molar-refractivity contribution >= 4 is 46.2 Å². The molecule has 1 aliphatic rings. The Morgan fingerprint density at radius 3 is 2.66 bits per heavy atom. The standard InChI is InChI=1S/C30H30ClN5O4S/c1-17-13-21(18(2)35(17)24-14-19(31)8-10-25(24)37)29-28(22-7-5-6-12-32-22)34-30(41)36(29)20-9-11-26(40-4)23(15-20)33-27(38)16-39-3/h5-15,28-29,37H,16H2,1-4H3,(H,33,38)(H,34,41)/t28-,29+/m1/s1. The van der Waals surface area contributed by atoms with Gasteiger partial charge in [0.2, 0.25) is 5.91 Å². The van der Waals surface area contributed by atoms with Crippen molar-refractivity contribution in [2.45, 2.75) is 25.9 Å². The van der Waals surface area contributed by atoms with Crippen molar-refractivity contribution in [2.24, 2.45) is 0 Å². The van der Waals surface area contributed by atoms with Crippen LogP contribution in [0.15, 0.2) is 66.9 Å². The van der Waals surface area contributed by atoms with Gasteiger partial charge >= 0.3 is 0 Å². The van der Waals surface area contributed by atoms with Crippen LogP contribution in [0.3, 0.4) is 0 Å². The molecular weight excluding hydrogens is 562 g/mol. The number of aromatic hydroxyl groups is 1. The third-order valence-electron chi connectivity index (χ3n) is 7.08. The summed E-state index contributed by atoms with van der Waals surface area (Å²) in [5, 5.41) is 18.1. The van der Waals surface area contributed by atoms with Gasteiger partial charge in [-0.2, -0.15) is 0 Å². The molecule has 2 aromatic carbocycles. The second-order valence-corrected chi connectivity index (χ2v) is 10.5. The van der Waals surface area contributed by atoms with Gasteiger partial charge in [0, 0.05) is 35.4 Å². The molecule has 0 radical (unpaired) electrons. The molecule has 0 bridgehead atoms. The van der Waals surface area contributed by atoms with Crippen molar-refractivity contribution in [1.82, 2.24) is 14.9 Å². The number of nitrogens with zero attached hydrogens (tertiary/aromatic N) is 3. The predicted molar refractivity (Wildman–Crippen MR) is 163 cm³/mol. The summed E-state index contributed by atoms with van der Waals surface area (Å²) in [5.74, 6) is 0.314. The molecule has 4 aromatic rings. The van der Waals surface area contributed by atoms with E-state index in [1.807, 2.05) is 53.6 Å². The van der Waals surface area contributed by atoms with E-state index in [4.69, 9.17) is 33.3 Å². The summed E-state index contributed by atoms with van der Waals surface area (Å²) >= 11 is 12.2. The second-order valence-electron chi connectivity index (χ2n) is 9.66. The quantitative estimate of drug-likeness (QED) is 0.227. The average molecular weight is 592 g/mol. The largest absolute Gasteiger partial charge is 0.506 e. The number of anilines is 2. The Hall–Kier alpha value is -4.12. The summed E-state index contributed by atoms with van der Waals surface area (Å²) in [4.78, 5) is 19.0. The molecule has 1 amide bonds. The van der Waals surface area contributed by atoms with Gasteiger partial charge < -0.3 is 34.7 Å². The van der Waals surface area contributed by atoms with Crippen molar-refractivity contribution in [2.75, 3.05) is 31.0 Å². The van der Waals surface area contributed by atoms with Gasteiger partial charge in [-0.15, -0.1) is 0 Å². The first-order valence-corrected chi connectivity index (χ1v) is 13.7. The molecule has 2 atom stereocenters. The van der Waals surface area contributed by atoms with Gasteiger partial charge in [0.15, 0.2) is 5.11 Å². The van der Waals surface area contributed by atoms with Crippen LogP contribution in [0.2, 0.25) is 5.02 Å². The number of hydrogen-bond acceptors (Lipinski definition) is 6. The Kier molecular flexibility index (Phi) is 8.16. The monoisotopic (exact) mass is 591 g/mol. The van der Waals surface area contributed by atoms with Crippen molar-refractivity contribution in [1.29, 1.82) is 0 Å². The topological polar surface area (TPSA) is 101 Å². The summed E-state index contributed by atoms with van der Waals surface area (Å²) in [7, 11) is 3.01. The minimum Gasteiger partial charge on any atom is -0.506 e. The number of phenols is 1. The van der Waals surface area contributed by atoms with Crippen LogP contribution < -0.4 is 20.3 Å². The van der Waals surface area contributed by atoms with Crippen LogP contribution in [0.4, 0.5) is 11.4 Å².